The molecular formula is C22H19N3O4S2. The number of rotatable bonds is 7. The molecule has 31 heavy (non-hydrogen) atoms. The van der Waals surface area contributed by atoms with Gasteiger partial charge in [-0.15, -0.1) is 22.7 Å². The van der Waals surface area contributed by atoms with E-state index in [-0.39, 0.29) is 12.5 Å². The lowest BCUT2D eigenvalue weighted by atomic mass is 10.2. The lowest BCUT2D eigenvalue weighted by Crippen LogP contribution is -2.16. The third-order valence-corrected chi connectivity index (χ3v) is 6.51. The predicted octanol–water partition coefficient (Wildman–Crippen LogP) is 5.47. The molecule has 0 saturated carbocycles. The van der Waals surface area contributed by atoms with Crippen molar-refractivity contribution >= 4 is 56.3 Å². The maximum absolute atomic E-state index is 12.7. The fraction of sp³-hybridized carbons (Fsp3) is 0.136. The Bertz CT molecular complexity index is 1190. The molecule has 0 bridgehead atoms. The van der Waals surface area contributed by atoms with Crippen LogP contribution in [0.1, 0.15) is 9.67 Å². The molecule has 4 rings (SSSR count). The Morgan fingerprint density at radius 3 is 2.55 bits per heavy atom. The molecule has 0 atom stereocenters. The predicted molar refractivity (Wildman–Crippen MR) is 124 cm³/mol. The summed E-state index contributed by atoms with van der Waals surface area (Å²) in [4.78, 5) is 30.6. The summed E-state index contributed by atoms with van der Waals surface area (Å²) in [6, 6.07) is 18.5. The number of carbonyl (C=O) groups is 2. The summed E-state index contributed by atoms with van der Waals surface area (Å²) in [6.45, 7) is 0.484. The average molecular weight is 454 g/mol. The van der Waals surface area contributed by atoms with Gasteiger partial charge in [-0.2, -0.15) is 0 Å². The zero-order valence-corrected chi connectivity index (χ0v) is 18.2. The standard InChI is InChI=1S/C22H19N3O4S2/c1-28-11-12-29-22(27)24-15-6-4-5-14(13-15)23-20(26)18-9-10-19(30-18)21-25-16-7-2-3-8-17(16)31-21/h2-10,13H,11-12H2,1H3,(H,23,26)(H,24,27). The van der Waals surface area contributed by atoms with Crippen molar-refractivity contribution in [1.29, 1.82) is 0 Å². The van der Waals surface area contributed by atoms with Gasteiger partial charge in [-0.05, 0) is 42.5 Å². The van der Waals surface area contributed by atoms with Crippen molar-refractivity contribution in [1.82, 2.24) is 4.98 Å². The second-order valence-electron chi connectivity index (χ2n) is 6.44. The Kier molecular flexibility index (Phi) is 6.56. The van der Waals surface area contributed by atoms with Crippen LogP contribution >= 0.6 is 22.7 Å². The van der Waals surface area contributed by atoms with Crippen molar-refractivity contribution in [3.8, 4) is 9.88 Å². The molecule has 9 heteroatoms. The molecule has 0 aliphatic heterocycles. The second-order valence-corrected chi connectivity index (χ2v) is 8.55. The minimum Gasteiger partial charge on any atom is -0.447 e. The normalized spacial score (nSPS) is 10.7. The summed E-state index contributed by atoms with van der Waals surface area (Å²) in [5, 5.41) is 6.37. The molecule has 2 amide bonds. The Morgan fingerprint density at radius 2 is 1.74 bits per heavy atom. The number of nitrogens with one attached hydrogen (secondary N) is 2. The van der Waals surface area contributed by atoms with Crippen LogP contribution in [-0.4, -0.2) is 37.3 Å². The van der Waals surface area contributed by atoms with Crippen molar-refractivity contribution < 1.29 is 19.1 Å². The molecule has 0 unspecified atom stereocenters. The van der Waals surface area contributed by atoms with Crippen molar-refractivity contribution in [2.45, 2.75) is 0 Å². The number of ether oxygens (including phenoxy) is 2. The number of para-hydroxylation sites is 1. The third kappa shape index (κ3) is 5.26. The Hall–Kier alpha value is -3.27. The van der Waals surface area contributed by atoms with E-state index in [1.807, 2.05) is 30.3 Å². The number of hydrogen-bond acceptors (Lipinski definition) is 7. The van der Waals surface area contributed by atoms with Crippen LogP contribution in [0.5, 0.6) is 0 Å². The molecule has 2 aromatic carbocycles. The first-order valence-corrected chi connectivity index (χ1v) is 11.1. The van der Waals surface area contributed by atoms with Crippen molar-refractivity contribution in [3.63, 3.8) is 0 Å². The highest BCUT2D eigenvalue weighted by Crippen LogP contribution is 2.34. The van der Waals surface area contributed by atoms with E-state index in [1.54, 1.807) is 41.7 Å². The molecule has 0 spiro atoms. The van der Waals surface area contributed by atoms with E-state index in [1.165, 1.54) is 18.4 Å². The molecule has 2 aromatic heterocycles. The van der Waals surface area contributed by atoms with Gasteiger partial charge < -0.3 is 14.8 Å². The van der Waals surface area contributed by atoms with Gasteiger partial charge in [0.05, 0.1) is 26.6 Å². The molecular weight excluding hydrogens is 434 g/mol. The molecule has 0 saturated heterocycles. The Balaban J connectivity index is 1.41. The number of methoxy groups -OCH3 is 1. The zero-order chi connectivity index (χ0) is 21.6. The monoisotopic (exact) mass is 453 g/mol. The van der Waals surface area contributed by atoms with Crippen LogP contribution in [-0.2, 0) is 9.47 Å². The molecule has 0 radical (unpaired) electrons. The quantitative estimate of drug-likeness (QED) is 0.362. The number of amides is 2. The van der Waals surface area contributed by atoms with Crippen LogP contribution in [0.2, 0.25) is 0 Å². The highest BCUT2D eigenvalue weighted by molar-refractivity contribution is 7.26. The topological polar surface area (TPSA) is 89.5 Å². The molecule has 0 aliphatic rings. The van der Waals surface area contributed by atoms with Crippen LogP contribution < -0.4 is 10.6 Å². The van der Waals surface area contributed by atoms with Gasteiger partial charge in [0.15, 0.2) is 0 Å². The molecule has 4 aromatic rings. The van der Waals surface area contributed by atoms with Gasteiger partial charge in [-0.3, -0.25) is 10.1 Å². The lowest BCUT2D eigenvalue weighted by molar-refractivity contribution is 0.103. The number of nitrogens with zero attached hydrogens (tertiary/aromatic N) is 1. The van der Waals surface area contributed by atoms with Crippen molar-refractivity contribution in [2.75, 3.05) is 31.0 Å². The lowest BCUT2D eigenvalue weighted by Gasteiger charge is -2.09. The summed E-state index contributed by atoms with van der Waals surface area (Å²) in [5.74, 6) is -0.225. The summed E-state index contributed by atoms with van der Waals surface area (Å²) in [7, 11) is 1.53. The molecule has 0 fully saturated rings. The van der Waals surface area contributed by atoms with E-state index in [0.717, 1.165) is 20.1 Å². The molecule has 2 heterocycles. The molecule has 2 N–H and O–H groups in total. The number of anilines is 2. The molecule has 158 valence electrons. The third-order valence-electron chi connectivity index (χ3n) is 4.22. The van der Waals surface area contributed by atoms with Crippen molar-refractivity contribution in [2.24, 2.45) is 0 Å². The van der Waals surface area contributed by atoms with Crippen LogP contribution in [0.3, 0.4) is 0 Å². The highest BCUT2D eigenvalue weighted by atomic mass is 32.1. The van der Waals surface area contributed by atoms with Gasteiger partial charge in [0.1, 0.15) is 11.6 Å². The summed E-state index contributed by atoms with van der Waals surface area (Å²) < 4.78 is 10.9. The van der Waals surface area contributed by atoms with Gasteiger partial charge in [0.2, 0.25) is 0 Å². The SMILES string of the molecule is COCCOC(=O)Nc1cccc(NC(=O)c2ccc(-c3nc4ccccc4s3)s2)c1. The largest absolute Gasteiger partial charge is 0.447 e. The van der Waals surface area contributed by atoms with E-state index in [4.69, 9.17) is 9.47 Å². The summed E-state index contributed by atoms with van der Waals surface area (Å²) in [5.41, 5.74) is 2.03. The smallest absolute Gasteiger partial charge is 0.411 e. The number of aromatic nitrogens is 1. The van der Waals surface area contributed by atoms with Crippen LogP contribution in [0.15, 0.2) is 60.7 Å². The van der Waals surface area contributed by atoms with E-state index in [9.17, 15) is 9.59 Å². The van der Waals surface area contributed by atoms with Crippen LogP contribution in [0.25, 0.3) is 20.1 Å². The van der Waals surface area contributed by atoms with E-state index in [0.29, 0.717) is 22.9 Å². The van der Waals surface area contributed by atoms with E-state index in [2.05, 4.69) is 15.6 Å². The average Bonchev–Trinajstić information content (AvgIpc) is 3.41. The summed E-state index contributed by atoms with van der Waals surface area (Å²) >= 11 is 2.99. The van der Waals surface area contributed by atoms with E-state index < -0.39 is 6.09 Å². The number of thiazole rings is 1. The maximum atomic E-state index is 12.7. The van der Waals surface area contributed by atoms with Gasteiger partial charge in [0.25, 0.3) is 5.91 Å². The molecule has 0 aliphatic carbocycles. The minimum atomic E-state index is -0.584. The maximum Gasteiger partial charge on any atom is 0.411 e. The number of carbonyl (C=O) groups excluding carboxylic acids is 2. The van der Waals surface area contributed by atoms with Crippen LogP contribution in [0.4, 0.5) is 16.2 Å². The van der Waals surface area contributed by atoms with E-state index >= 15 is 0 Å². The van der Waals surface area contributed by atoms with Gasteiger partial charge >= 0.3 is 6.09 Å². The first kappa shape index (κ1) is 21.0. The zero-order valence-electron chi connectivity index (χ0n) is 16.6. The fourth-order valence-electron chi connectivity index (χ4n) is 2.79. The Labute approximate surface area is 186 Å². The highest BCUT2D eigenvalue weighted by Gasteiger charge is 2.14. The van der Waals surface area contributed by atoms with Gasteiger partial charge in [-0.1, -0.05) is 18.2 Å². The first-order valence-electron chi connectivity index (χ1n) is 9.42. The number of hydrogen-bond donors (Lipinski definition) is 2. The Morgan fingerprint density at radius 1 is 0.935 bits per heavy atom. The number of benzene rings is 2. The first-order chi connectivity index (χ1) is 15.1. The minimum absolute atomic E-state index is 0.161. The number of fused-ring (bicyclic) bond motifs is 1. The van der Waals surface area contributed by atoms with Crippen molar-refractivity contribution in [3.05, 3.63) is 65.5 Å². The van der Waals surface area contributed by atoms with Gasteiger partial charge in [-0.25, -0.2) is 9.78 Å². The molecule has 7 nitrogen and oxygen atoms in total. The van der Waals surface area contributed by atoms with Gasteiger partial charge in [0, 0.05) is 18.5 Å². The summed E-state index contributed by atoms with van der Waals surface area (Å²) in [6.07, 6.45) is -0.584. The number of thiophene rings is 1. The van der Waals surface area contributed by atoms with Crippen LogP contribution in [0, 0.1) is 0 Å². The second kappa shape index (κ2) is 9.69. The fourth-order valence-corrected chi connectivity index (χ4v) is 4.71.